The second-order valence-corrected chi connectivity index (χ2v) is 5.67. The number of piperidine rings is 1. The molecule has 0 spiro atoms. The molecule has 2 atom stereocenters. The summed E-state index contributed by atoms with van der Waals surface area (Å²) in [7, 11) is 2.03. The molecule has 0 aliphatic carbocycles. The summed E-state index contributed by atoms with van der Waals surface area (Å²) < 4.78 is 13.4. The molecular formula is C15H21FN2. The Morgan fingerprint density at radius 3 is 2.61 bits per heavy atom. The molecule has 0 amide bonds. The molecule has 2 aliphatic rings. The number of benzene rings is 1. The van der Waals surface area contributed by atoms with Gasteiger partial charge in [-0.3, -0.25) is 0 Å². The quantitative estimate of drug-likeness (QED) is 0.885. The largest absolute Gasteiger partial charge is 0.365 e. The number of hydrogen-bond donors (Lipinski definition) is 1. The first kappa shape index (κ1) is 12.0. The fourth-order valence-corrected chi connectivity index (χ4v) is 3.80. The van der Waals surface area contributed by atoms with Gasteiger partial charge in [-0.1, -0.05) is 6.07 Å². The van der Waals surface area contributed by atoms with E-state index in [-0.39, 0.29) is 5.82 Å². The molecule has 0 aromatic heterocycles. The third kappa shape index (κ3) is 2.12. The maximum Gasteiger partial charge on any atom is 0.125 e. The molecule has 2 aliphatic heterocycles. The van der Waals surface area contributed by atoms with Crippen molar-refractivity contribution in [2.24, 2.45) is 5.92 Å². The Labute approximate surface area is 108 Å². The lowest BCUT2D eigenvalue weighted by molar-refractivity contribution is 0.332. The Balaban J connectivity index is 1.79. The van der Waals surface area contributed by atoms with Gasteiger partial charge in [-0.25, -0.2) is 4.39 Å². The molecule has 3 rings (SSSR count). The predicted molar refractivity (Wildman–Crippen MR) is 72.3 cm³/mol. The van der Waals surface area contributed by atoms with E-state index >= 15 is 0 Å². The van der Waals surface area contributed by atoms with Gasteiger partial charge in [0.2, 0.25) is 0 Å². The smallest absolute Gasteiger partial charge is 0.125 e. The average Bonchev–Trinajstić information content (AvgIpc) is 2.62. The van der Waals surface area contributed by atoms with Crippen LogP contribution in [0.5, 0.6) is 0 Å². The van der Waals surface area contributed by atoms with Crippen LogP contribution in [0.2, 0.25) is 0 Å². The van der Waals surface area contributed by atoms with E-state index in [1.54, 1.807) is 6.07 Å². The Kier molecular flexibility index (Phi) is 3.25. The topological polar surface area (TPSA) is 15.3 Å². The van der Waals surface area contributed by atoms with Gasteiger partial charge in [-0.15, -0.1) is 0 Å². The maximum atomic E-state index is 13.4. The third-order valence-electron chi connectivity index (χ3n) is 4.43. The van der Waals surface area contributed by atoms with Crippen LogP contribution in [0.15, 0.2) is 24.3 Å². The molecule has 2 unspecified atom stereocenters. The Morgan fingerprint density at radius 1 is 1.28 bits per heavy atom. The van der Waals surface area contributed by atoms with Crippen LogP contribution in [0.4, 0.5) is 10.1 Å². The van der Waals surface area contributed by atoms with E-state index in [2.05, 4.69) is 10.2 Å². The van der Waals surface area contributed by atoms with Gasteiger partial charge in [0.1, 0.15) is 5.82 Å². The van der Waals surface area contributed by atoms with E-state index in [1.807, 2.05) is 19.2 Å². The molecule has 2 fully saturated rings. The molecule has 98 valence electrons. The van der Waals surface area contributed by atoms with Crippen molar-refractivity contribution in [2.45, 2.75) is 37.8 Å². The molecule has 3 heteroatoms. The predicted octanol–water partition coefficient (Wildman–Crippen LogP) is 2.79. The van der Waals surface area contributed by atoms with Crippen LogP contribution in [0.25, 0.3) is 0 Å². The number of hydrogen-bond acceptors (Lipinski definition) is 2. The zero-order valence-corrected chi connectivity index (χ0v) is 10.9. The minimum Gasteiger partial charge on any atom is -0.365 e. The molecular weight excluding hydrogens is 227 g/mol. The van der Waals surface area contributed by atoms with Crippen LogP contribution in [0.3, 0.4) is 0 Å². The van der Waals surface area contributed by atoms with Gasteiger partial charge < -0.3 is 10.2 Å². The van der Waals surface area contributed by atoms with Crippen LogP contribution in [0.1, 0.15) is 25.7 Å². The number of halogens is 1. The van der Waals surface area contributed by atoms with Crippen molar-refractivity contribution in [1.29, 1.82) is 0 Å². The molecule has 2 nitrogen and oxygen atoms in total. The van der Waals surface area contributed by atoms with E-state index in [1.165, 1.54) is 31.7 Å². The van der Waals surface area contributed by atoms with Crippen LogP contribution in [-0.4, -0.2) is 25.7 Å². The molecule has 0 saturated carbocycles. The van der Waals surface area contributed by atoms with E-state index < -0.39 is 0 Å². The van der Waals surface area contributed by atoms with Crippen LogP contribution < -0.4 is 10.2 Å². The maximum absolute atomic E-state index is 13.4. The summed E-state index contributed by atoms with van der Waals surface area (Å²) in [5.74, 6) is 0.668. The fraction of sp³-hybridized carbons (Fsp3) is 0.600. The third-order valence-corrected chi connectivity index (χ3v) is 4.43. The van der Waals surface area contributed by atoms with Crippen LogP contribution >= 0.6 is 0 Å². The molecule has 1 N–H and O–H groups in total. The highest BCUT2D eigenvalue weighted by Gasteiger charge is 2.40. The van der Waals surface area contributed by atoms with E-state index in [0.717, 1.165) is 18.2 Å². The number of nitrogens with one attached hydrogen (secondary N) is 1. The second-order valence-electron chi connectivity index (χ2n) is 5.67. The van der Waals surface area contributed by atoms with Crippen molar-refractivity contribution in [3.63, 3.8) is 0 Å². The Bertz CT molecular complexity index is 407. The molecule has 2 heterocycles. The molecule has 1 aromatic carbocycles. The first-order chi connectivity index (χ1) is 8.78. The normalized spacial score (nSPS) is 30.8. The lowest BCUT2D eigenvalue weighted by atomic mass is 9.90. The van der Waals surface area contributed by atoms with Crippen molar-refractivity contribution in [3.8, 4) is 0 Å². The summed E-state index contributed by atoms with van der Waals surface area (Å²) in [4.78, 5) is 2.47. The van der Waals surface area contributed by atoms with Crippen LogP contribution in [-0.2, 0) is 0 Å². The highest BCUT2D eigenvalue weighted by atomic mass is 19.1. The minimum absolute atomic E-state index is 0.121. The van der Waals surface area contributed by atoms with Gasteiger partial charge in [-0.05, 0) is 63.4 Å². The van der Waals surface area contributed by atoms with Gasteiger partial charge in [0.05, 0.1) is 0 Å². The highest BCUT2D eigenvalue weighted by molar-refractivity contribution is 5.50. The zero-order chi connectivity index (χ0) is 12.5. The lowest BCUT2D eigenvalue weighted by Gasteiger charge is -2.40. The average molecular weight is 248 g/mol. The number of rotatable bonds is 3. The van der Waals surface area contributed by atoms with Gasteiger partial charge >= 0.3 is 0 Å². The minimum atomic E-state index is -0.121. The van der Waals surface area contributed by atoms with Crippen molar-refractivity contribution in [2.75, 3.05) is 18.5 Å². The summed E-state index contributed by atoms with van der Waals surface area (Å²) in [6.07, 6.45) is 5.02. The summed E-state index contributed by atoms with van der Waals surface area (Å²) >= 11 is 0. The fourth-order valence-electron chi connectivity index (χ4n) is 3.80. The van der Waals surface area contributed by atoms with Crippen molar-refractivity contribution < 1.29 is 4.39 Å². The summed E-state index contributed by atoms with van der Waals surface area (Å²) in [5.41, 5.74) is 1.07. The Morgan fingerprint density at radius 2 is 2.00 bits per heavy atom. The van der Waals surface area contributed by atoms with Gasteiger partial charge in [0, 0.05) is 17.8 Å². The number of fused-ring (bicyclic) bond motifs is 2. The standard InChI is InChI=1S/C15H21FN2/c1-17-10-11-7-14-5-6-15(8-11)18(14)13-4-2-3-12(16)9-13/h2-4,9,11,14-15,17H,5-8,10H2,1H3. The monoisotopic (exact) mass is 248 g/mol. The van der Waals surface area contributed by atoms with Gasteiger partial charge in [0.25, 0.3) is 0 Å². The van der Waals surface area contributed by atoms with Gasteiger partial charge in [0.15, 0.2) is 0 Å². The molecule has 2 bridgehead atoms. The zero-order valence-electron chi connectivity index (χ0n) is 10.9. The van der Waals surface area contributed by atoms with E-state index in [0.29, 0.717) is 12.1 Å². The molecule has 1 aromatic rings. The van der Waals surface area contributed by atoms with Crippen LogP contribution in [0, 0.1) is 11.7 Å². The van der Waals surface area contributed by atoms with E-state index in [9.17, 15) is 4.39 Å². The van der Waals surface area contributed by atoms with Crippen molar-refractivity contribution >= 4 is 5.69 Å². The SMILES string of the molecule is CNCC1CC2CCC(C1)N2c1cccc(F)c1. The molecule has 0 radical (unpaired) electrons. The van der Waals surface area contributed by atoms with Gasteiger partial charge in [-0.2, -0.15) is 0 Å². The molecule has 18 heavy (non-hydrogen) atoms. The first-order valence-electron chi connectivity index (χ1n) is 6.96. The molecule has 2 saturated heterocycles. The van der Waals surface area contributed by atoms with Crippen molar-refractivity contribution in [1.82, 2.24) is 5.32 Å². The second kappa shape index (κ2) is 4.88. The number of anilines is 1. The summed E-state index contributed by atoms with van der Waals surface area (Å²) in [6.45, 7) is 1.12. The number of nitrogens with zero attached hydrogens (tertiary/aromatic N) is 1. The summed E-state index contributed by atoms with van der Waals surface area (Å²) in [5, 5.41) is 3.29. The first-order valence-corrected chi connectivity index (χ1v) is 6.96. The summed E-state index contributed by atoms with van der Waals surface area (Å²) in [6, 6.07) is 8.31. The van der Waals surface area contributed by atoms with E-state index in [4.69, 9.17) is 0 Å². The highest BCUT2D eigenvalue weighted by Crippen LogP contribution is 2.41. The lowest BCUT2D eigenvalue weighted by Crippen LogP contribution is -2.44. The van der Waals surface area contributed by atoms with Crippen molar-refractivity contribution in [3.05, 3.63) is 30.1 Å². The Hall–Kier alpha value is -1.09.